The lowest BCUT2D eigenvalue weighted by Gasteiger charge is -2.27. The minimum Gasteiger partial charge on any atom is -0.332 e. The second-order valence-corrected chi connectivity index (χ2v) is 9.16. The van der Waals surface area contributed by atoms with Gasteiger partial charge in [0.2, 0.25) is 5.91 Å². The van der Waals surface area contributed by atoms with Crippen LogP contribution in [0.1, 0.15) is 34.2 Å². The van der Waals surface area contributed by atoms with Crippen LogP contribution in [-0.2, 0) is 17.9 Å². The maximum Gasteiger partial charge on any atom is 0.322 e. The minimum absolute atomic E-state index is 0.0190. The van der Waals surface area contributed by atoms with Crippen molar-refractivity contribution >= 4 is 29.0 Å². The van der Waals surface area contributed by atoms with E-state index in [0.29, 0.717) is 30.9 Å². The molecule has 0 saturated carbocycles. The van der Waals surface area contributed by atoms with E-state index >= 15 is 0 Å². The van der Waals surface area contributed by atoms with Crippen molar-refractivity contribution in [3.8, 4) is 6.07 Å². The van der Waals surface area contributed by atoms with Crippen LogP contribution < -0.4 is 5.32 Å². The van der Waals surface area contributed by atoms with Gasteiger partial charge in [0.05, 0.1) is 18.2 Å². The standard InChI is InChI=1S/C26H28N4O2S/c1-3-14-29(26(32)28-23-11-7-10-22(15-23)16-27)19-25(31)30(17-21-8-5-4-6-9-21)18-24-13-12-20(2)33-24/h4-13,15H,3,14,17-19H2,1-2H3,(H,28,32). The molecule has 0 atom stereocenters. The third kappa shape index (κ3) is 7.19. The molecule has 33 heavy (non-hydrogen) atoms. The van der Waals surface area contributed by atoms with Crippen molar-refractivity contribution in [1.82, 2.24) is 9.80 Å². The maximum absolute atomic E-state index is 13.4. The van der Waals surface area contributed by atoms with Gasteiger partial charge in [-0.25, -0.2) is 4.79 Å². The van der Waals surface area contributed by atoms with Crippen LogP contribution >= 0.6 is 11.3 Å². The highest BCUT2D eigenvalue weighted by Crippen LogP contribution is 2.19. The smallest absolute Gasteiger partial charge is 0.322 e. The van der Waals surface area contributed by atoms with E-state index in [1.807, 2.05) is 50.2 Å². The molecule has 0 unspecified atom stereocenters. The lowest BCUT2D eigenvalue weighted by Crippen LogP contribution is -2.44. The fourth-order valence-corrected chi connectivity index (χ4v) is 4.36. The van der Waals surface area contributed by atoms with E-state index in [1.165, 1.54) is 9.78 Å². The molecule has 3 rings (SSSR count). The first-order valence-electron chi connectivity index (χ1n) is 10.9. The van der Waals surface area contributed by atoms with E-state index in [4.69, 9.17) is 5.26 Å². The molecule has 3 aromatic rings. The number of amides is 3. The number of urea groups is 1. The van der Waals surface area contributed by atoms with E-state index in [2.05, 4.69) is 17.5 Å². The van der Waals surface area contributed by atoms with Crippen molar-refractivity contribution in [1.29, 1.82) is 5.26 Å². The highest BCUT2D eigenvalue weighted by Gasteiger charge is 2.22. The number of hydrogen-bond donors (Lipinski definition) is 1. The quantitative estimate of drug-likeness (QED) is 0.464. The second kappa shape index (κ2) is 11.8. The van der Waals surface area contributed by atoms with Crippen molar-refractivity contribution in [2.24, 2.45) is 0 Å². The van der Waals surface area contributed by atoms with Crippen molar-refractivity contribution in [3.63, 3.8) is 0 Å². The molecule has 2 aromatic carbocycles. The summed E-state index contributed by atoms with van der Waals surface area (Å²) in [4.78, 5) is 31.9. The van der Waals surface area contributed by atoms with Crippen LogP contribution in [0.5, 0.6) is 0 Å². The van der Waals surface area contributed by atoms with Crippen LogP contribution in [0, 0.1) is 18.3 Å². The van der Waals surface area contributed by atoms with Gasteiger partial charge in [-0.05, 0) is 49.2 Å². The minimum atomic E-state index is -0.355. The molecule has 1 N–H and O–H groups in total. The Balaban J connectivity index is 1.74. The number of anilines is 1. The molecular weight excluding hydrogens is 432 g/mol. The Hall–Kier alpha value is -3.63. The topological polar surface area (TPSA) is 76.4 Å². The van der Waals surface area contributed by atoms with Gasteiger partial charge >= 0.3 is 6.03 Å². The SMILES string of the molecule is CCCN(CC(=O)N(Cc1ccccc1)Cc1ccc(C)s1)C(=O)Nc1cccc(C#N)c1. The van der Waals surface area contributed by atoms with Crippen LogP contribution in [0.2, 0.25) is 0 Å². The number of benzene rings is 2. The fourth-order valence-electron chi connectivity index (χ4n) is 3.45. The van der Waals surface area contributed by atoms with E-state index in [9.17, 15) is 9.59 Å². The Morgan fingerprint density at radius 2 is 1.79 bits per heavy atom. The zero-order valence-electron chi connectivity index (χ0n) is 19.0. The molecule has 0 saturated heterocycles. The number of rotatable bonds is 9. The zero-order chi connectivity index (χ0) is 23.6. The Morgan fingerprint density at radius 1 is 1.00 bits per heavy atom. The average Bonchev–Trinajstić information content (AvgIpc) is 3.23. The highest BCUT2D eigenvalue weighted by atomic mass is 32.1. The molecule has 170 valence electrons. The molecule has 0 spiro atoms. The van der Waals surface area contributed by atoms with Gasteiger partial charge in [-0.2, -0.15) is 5.26 Å². The molecule has 3 amide bonds. The Kier molecular flexibility index (Phi) is 8.62. The van der Waals surface area contributed by atoms with E-state index in [0.717, 1.165) is 16.9 Å². The van der Waals surface area contributed by atoms with E-state index < -0.39 is 0 Å². The normalized spacial score (nSPS) is 10.3. The van der Waals surface area contributed by atoms with Gasteiger partial charge in [0.25, 0.3) is 0 Å². The molecule has 0 bridgehead atoms. The number of aryl methyl sites for hydroxylation is 1. The summed E-state index contributed by atoms with van der Waals surface area (Å²) in [6, 6.07) is 22.4. The fraction of sp³-hybridized carbons (Fsp3) is 0.269. The summed E-state index contributed by atoms with van der Waals surface area (Å²) in [6.07, 6.45) is 0.724. The average molecular weight is 461 g/mol. The lowest BCUT2D eigenvalue weighted by molar-refractivity contribution is -0.133. The first-order chi connectivity index (χ1) is 16.0. The van der Waals surface area contributed by atoms with Gasteiger partial charge < -0.3 is 15.1 Å². The molecule has 6 nitrogen and oxygen atoms in total. The number of nitrogens with zero attached hydrogens (tertiary/aromatic N) is 3. The third-order valence-corrected chi connectivity index (χ3v) is 6.05. The van der Waals surface area contributed by atoms with Crippen LogP contribution in [0.4, 0.5) is 10.5 Å². The monoisotopic (exact) mass is 460 g/mol. The molecule has 0 aliphatic heterocycles. The molecule has 1 aromatic heterocycles. The number of thiophene rings is 1. The number of nitriles is 1. The summed E-state index contributed by atoms with van der Waals surface area (Å²) in [6.45, 7) is 5.42. The summed E-state index contributed by atoms with van der Waals surface area (Å²) >= 11 is 1.67. The van der Waals surface area contributed by atoms with Crippen molar-refractivity contribution in [3.05, 3.63) is 87.6 Å². The van der Waals surface area contributed by atoms with Crippen LogP contribution in [0.15, 0.2) is 66.7 Å². The second-order valence-electron chi connectivity index (χ2n) is 7.79. The third-order valence-electron chi connectivity index (χ3n) is 5.06. The predicted octanol–water partition coefficient (Wildman–Crippen LogP) is 5.40. The number of hydrogen-bond acceptors (Lipinski definition) is 4. The summed E-state index contributed by atoms with van der Waals surface area (Å²) in [5, 5.41) is 11.9. The van der Waals surface area contributed by atoms with E-state index in [1.54, 1.807) is 40.5 Å². The number of carbonyl (C=O) groups excluding carboxylic acids is 2. The lowest BCUT2D eigenvalue weighted by atomic mass is 10.2. The van der Waals surface area contributed by atoms with Crippen molar-refractivity contribution in [2.75, 3.05) is 18.4 Å². The molecule has 0 radical (unpaired) electrons. The molecule has 7 heteroatoms. The van der Waals surface area contributed by atoms with Crippen LogP contribution in [-0.4, -0.2) is 34.8 Å². The number of carbonyl (C=O) groups is 2. The zero-order valence-corrected chi connectivity index (χ0v) is 19.8. The molecule has 0 aliphatic carbocycles. The molecular formula is C26H28N4O2S. The Bertz CT molecular complexity index is 1120. The van der Waals surface area contributed by atoms with E-state index in [-0.39, 0.29) is 18.5 Å². The largest absolute Gasteiger partial charge is 0.332 e. The maximum atomic E-state index is 13.4. The molecule has 1 heterocycles. The van der Waals surface area contributed by atoms with Crippen molar-refractivity contribution in [2.45, 2.75) is 33.4 Å². The van der Waals surface area contributed by atoms with Crippen LogP contribution in [0.25, 0.3) is 0 Å². The Labute approximate surface area is 199 Å². The molecule has 0 fully saturated rings. The highest BCUT2D eigenvalue weighted by molar-refractivity contribution is 7.11. The first kappa shape index (κ1) is 24.0. The van der Waals surface area contributed by atoms with Crippen LogP contribution in [0.3, 0.4) is 0 Å². The van der Waals surface area contributed by atoms with Crippen molar-refractivity contribution < 1.29 is 9.59 Å². The predicted molar refractivity (Wildman–Crippen MR) is 132 cm³/mol. The summed E-state index contributed by atoms with van der Waals surface area (Å²) in [7, 11) is 0. The summed E-state index contributed by atoms with van der Waals surface area (Å²) in [5.74, 6) is -0.112. The van der Waals surface area contributed by atoms with Gasteiger partial charge in [-0.1, -0.05) is 43.3 Å². The van der Waals surface area contributed by atoms with Gasteiger partial charge in [0.15, 0.2) is 0 Å². The first-order valence-corrected chi connectivity index (χ1v) is 11.7. The van der Waals surface area contributed by atoms with Gasteiger partial charge in [0.1, 0.15) is 6.54 Å². The molecule has 0 aliphatic rings. The van der Waals surface area contributed by atoms with Gasteiger partial charge in [-0.3, -0.25) is 4.79 Å². The Morgan fingerprint density at radius 3 is 2.45 bits per heavy atom. The number of nitrogens with one attached hydrogen (secondary N) is 1. The summed E-state index contributed by atoms with van der Waals surface area (Å²) < 4.78 is 0. The van der Waals surface area contributed by atoms with Gasteiger partial charge in [-0.15, -0.1) is 11.3 Å². The van der Waals surface area contributed by atoms with Gasteiger partial charge in [0, 0.05) is 28.5 Å². The summed E-state index contributed by atoms with van der Waals surface area (Å²) in [5.41, 5.74) is 2.04.